The molecule has 2 N–H and O–H groups in total. The molecule has 1 fully saturated rings. The Bertz CT molecular complexity index is 92.3. The maximum atomic E-state index is 3.32. The van der Waals surface area contributed by atoms with Gasteiger partial charge in [-0.1, -0.05) is 13.8 Å². The van der Waals surface area contributed by atoms with Gasteiger partial charge in [0.05, 0.1) is 12.8 Å². The molecule has 1 atom stereocenters. The summed E-state index contributed by atoms with van der Waals surface area (Å²) in [5, 5.41) is 5.38. The number of rotatable bonds is 1. The van der Waals surface area contributed by atoms with Crippen LogP contribution in [0, 0.1) is 5.92 Å². The molecule has 1 unspecified atom stereocenters. The van der Waals surface area contributed by atoms with Gasteiger partial charge in [0, 0.05) is 7.05 Å². The van der Waals surface area contributed by atoms with Crippen molar-refractivity contribution in [3.63, 3.8) is 0 Å². The Balaban J connectivity index is 2.30. The van der Waals surface area contributed by atoms with Crippen LogP contribution >= 0.6 is 0 Å². The molecule has 0 aromatic heterocycles. The summed E-state index contributed by atoms with van der Waals surface area (Å²) in [6, 6.07) is 0. The number of nitrogens with zero attached hydrogens (tertiary/aromatic N) is 1. The van der Waals surface area contributed by atoms with E-state index in [1.165, 1.54) is 0 Å². The van der Waals surface area contributed by atoms with E-state index in [4.69, 9.17) is 0 Å². The zero-order valence-corrected chi connectivity index (χ0v) is 6.31. The van der Waals surface area contributed by atoms with Gasteiger partial charge in [-0.2, -0.15) is 0 Å². The van der Waals surface area contributed by atoms with Gasteiger partial charge in [0.2, 0.25) is 0 Å². The summed E-state index contributed by atoms with van der Waals surface area (Å²) < 4.78 is 0. The van der Waals surface area contributed by atoms with Gasteiger partial charge in [-0.25, -0.2) is 10.4 Å². The molecule has 3 nitrogen and oxygen atoms in total. The van der Waals surface area contributed by atoms with Crippen molar-refractivity contribution in [1.29, 1.82) is 0 Å². The zero-order valence-electron chi connectivity index (χ0n) is 6.31. The molecule has 0 saturated carbocycles. The van der Waals surface area contributed by atoms with Crippen LogP contribution in [-0.4, -0.2) is 24.9 Å². The van der Waals surface area contributed by atoms with Gasteiger partial charge in [-0.15, -0.1) is 0 Å². The van der Waals surface area contributed by atoms with E-state index in [1.807, 2.05) is 7.05 Å². The molecule has 0 bridgehead atoms. The Labute approximate surface area is 56.4 Å². The molecule has 1 aliphatic heterocycles. The Morgan fingerprint density at radius 1 is 1.56 bits per heavy atom. The highest BCUT2D eigenvalue weighted by atomic mass is 15.6. The summed E-state index contributed by atoms with van der Waals surface area (Å²) in [5.41, 5.74) is 3.28. The molecule has 0 aromatic rings. The van der Waals surface area contributed by atoms with E-state index in [-0.39, 0.29) is 0 Å². The fourth-order valence-electron chi connectivity index (χ4n) is 0.949. The fraction of sp³-hybridized carbons (Fsp3) is 1.00. The second kappa shape index (κ2) is 2.64. The van der Waals surface area contributed by atoms with Crippen LogP contribution in [0.2, 0.25) is 0 Å². The summed E-state index contributed by atoms with van der Waals surface area (Å²) in [6.45, 7) is 5.34. The second-order valence-corrected chi connectivity index (χ2v) is 2.91. The third-order valence-electron chi connectivity index (χ3n) is 1.57. The van der Waals surface area contributed by atoms with Gasteiger partial charge in [-0.05, 0) is 5.92 Å². The minimum Gasteiger partial charge on any atom is -0.287 e. The summed E-state index contributed by atoms with van der Waals surface area (Å²) >= 11 is 0. The van der Waals surface area contributed by atoms with Crippen molar-refractivity contribution in [2.75, 3.05) is 13.7 Å². The summed E-state index contributed by atoms with van der Waals surface area (Å²) in [5.74, 6) is 0.662. The van der Waals surface area contributed by atoms with E-state index < -0.39 is 0 Å². The average molecular weight is 129 g/mol. The van der Waals surface area contributed by atoms with E-state index in [0.717, 1.165) is 6.67 Å². The molecule has 1 rings (SSSR count). The first-order valence-corrected chi connectivity index (χ1v) is 3.41. The lowest BCUT2D eigenvalue weighted by Gasteiger charge is -2.14. The molecule has 0 aliphatic carbocycles. The van der Waals surface area contributed by atoms with Crippen molar-refractivity contribution < 1.29 is 0 Å². The van der Waals surface area contributed by atoms with Crippen LogP contribution in [0.3, 0.4) is 0 Å². The highest BCUT2D eigenvalue weighted by Gasteiger charge is 2.19. The first kappa shape index (κ1) is 6.99. The number of hydrogen-bond acceptors (Lipinski definition) is 3. The predicted molar refractivity (Wildman–Crippen MR) is 37.5 cm³/mol. The molecule has 0 spiro atoms. The Hall–Kier alpha value is -0.120. The third-order valence-corrected chi connectivity index (χ3v) is 1.57. The second-order valence-electron chi connectivity index (χ2n) is 2.91. The van der Waals surface area contributed by atoms with E-state index in [2.05, 4.69) is 29.6 Å². The van der Waals surface area contributed by atoms with E-state index in [9.17, 15) is 0 Å². The SMILES string of the molecule is CC(C)C1NCN(C)N1. The van der Waals surface area contributed by atoms with Crippen molar-refractivity contribution >= 4 is 0 Å². The molecular formula is C6H15N3. The highest BCUT2D eigenvalue weighted by molar-refractivity contribution is 4.70. The Morgan fingerprint density at radius 2 is 2.22 bits per heavy atom. The fourth-order valence-corrected chi connectivity index (χ4v) is 0.949. The van der Waals surface area contributed by atoms with Crippen LogP contribution in [0.25, 0.3) is 0 Å². The van der Waals surface area contributed by atoms with Crippen LogP contribution in [0.5, 0.6) is 0 Å². The van der Waals surface area contributed by atoms with Gasteiger partial charge in [0.1, 0.15) is 0 Å². The highest BCUT2D eigenvalue weighted by Crippen LogP contribution is 2.01. The van der Waals surface area contributed by atoms with Crippen LogP contribution < -0.4 is 10.7 Å². The van der Waals surface area contributed by atoms with E-state index in [1.54, 1.807) is 0 Å². The third kappa shape index (κ3) is 1.64. The molecule has 1 aliphatic rings. The van der Waals surface area contributed by atoms with Crippen molar-refractivity contribution in [2.45, 2.75) is 20.0 Å². The lowest BCUT2D eigenvalue weighted by atomic mass is 10.2. The number of nitrogens with one attached hydrogen (secondary N) is 2. The topological polar surface area (TPSA) is 27.3 Å². The van der Waals surface area contributed by atoms with Gasteiger partial charge >= 0.3 is 0 Å². The van der Waals surface area contributed by atoms with Gasteiger partial charge in [0.15, 0.2) is 0 Å². The molecular weight excluding hydrogens is 114 g/mol. The van der Waals surface area contributed by atoms with Crippen molar-refractivity contribution in [3.8, 4) is 0 Å². The van der Waals surface area contributed by atoms with E-state index in [0.29, 0.717) is 12.1 Å². The van der Waals surface area contributed by atoms with E-state index >= 15 is 0 Å². The number of hydrazine groups is 1. The number of hydrogen-bond donors (Lipinski definition) is 2. The standard InChI is InChI=1S/C6H15N3/c1-5(2)6-7-4-9(3)8-6/h5-8H,4H2,1-3H3. The minimum atomic E-state index is 0.468. The largest absolute Gasteiger partial charge is 0.287 e. The zero-order chi connectivity index (χ0) is 6.85. The van der Waals surface area contributed by atoms with Gasteiger partial charge in [0.25, 0.3) is 0 Å². The Kier molecular flexibility index (Phi) is 2.05. The summed E-state index contributed by atoms with van der Waals surface area (Å²) in [6.07, 6.45) is 0.468. The van der Waals surface area contributed by atoms with Crippen LogP contribution in [0.4, 0.5) is 0 Å². The lowest BCUT2D eigenvalue weighted by molar-refractivity contribution is 0.268. The molecule has 1 heterocycles. The molecule has 0 aromatic carbocycles. The molecule has 3 heteroatoms. The smallest absolute Gasteiger partial charge is 0.0740 e. The average Bonchev–Trinajstić information content (AvgIpc) is 2.14. The van der Waals surface area contributed by atoms with Gasteiger partial charge in [-0.3, -0.25) is 5.32 Å². The lowest BCUT2D eigenvalue weighted by Crippen LogP contribution is -2.38. The maximum absolute atomic E-state index is 3.32. The quantitative estimate of drug-likeness (QED) is 0.520. The molecule has 1 saturated heterocycles. The van der Waals surface area contributed by atoms with Crippen molar-refractivity contribution in [1.82, 2.24) is 15.8 Å². The maximum Gasteiger partial charge on any atom is 0.0740 e. The first-order valence-electron chi connectivity index (χ1n) is 3.41. The molecule has 9 heavy (non-hydrogen) atoms. The first-order chi connectivity index (χ1) is 4.20. The Morgan fingerprint density at radius 3 is 2.44 bits per heavy atom. The van der Waals surface area contributed by atoms with Crippen LogP contribution in [0.15, 0.2) is 0 Å². The molecule has 0 amide bonds. The minimum absolute atomic E-state index is 0.468. The van der Waals surface area contributed by atoms with Crippen molar-refractivity contribution in [3.05, 3.63) is 0 Å². The van der Waals surface area contributed by atoms with Gasteiger partial charge < -0.3 is 0 Å². The predicted octanol–water partition coefficient (Wildman–Crippen LogP) is -0.0344. The molecule has 0 radical (unpaired) electrons. The molecule has 54 valence electrons. The van der Waals surface area contributed by atoms with Crippen LogP contribution in [0.1, 0.15) is 13.8 Å². The summed E-state index contributed by atoms with van der Waals surface area (Å²) in [7, 11) is 2.04. The van der Waals surface area contributed by atoms with Crippen molar-refractivity contribution in [2.24, 2.45) is 5.92 Å². The normalized spacial score (nSPS) is 30.0. The monoisotopic (exact) mass is 129 g/mol. The summed E-state index contributed by atoms with van der Waals surface area (Å²) in [4.78, 5) is 0. The van der Waals surface area contributed by atoms with Crippen LogP contribution in [-0.2, 0) is 0 Å².